The summed E-state index contributed by atoms with van der Waals surface area (Å²) in [5, 5.41) is 16.1. The molecule has 17 heavy (non-hydrogen) atoms. The Kier molecular flexibility index (Phi) is 3.44. The van der Waals surface area contributed by atoms with Crippen LogP contribution in [0, 0.1) is 0 Å². The van der Waals surface area contributed by atoms with E-state index in [-0.39, 0.29) is 11.7 Å². The van der Waals surface area contributed by atoms with Crippen LogP contribution >= 0.6 is 11.6 Å². The largest absolute Gasteiger partial charge is 0.476 e. The molecule has 92 valence electrons. The van der Waals surface area contributed by atoms with E-state index in [9.17, 15) is 4.79 Å². The van der Waals surface area contributed by atoms with Crippen LogP contribution < -0.4 is 0 Å². The van der Waals surface area contributed by atoms with Gasteiger partial charge in [-0.1, -0.05) is 16.8 Å². The van der Waals surface area contributed by atoms with Crippen molar-refractivity contribution in [2.75, 3.05) is 19.6 Å². The minimum atomic E-state index is -1.05. The van der Waals surface area contributed by atoms with Crippen molar-refractivity contribution in [3.05, 3.63) is 23.0 Å². The van der Waals surface area contributed by atoms with Crippen molar-refractivity contribution in [1.29, 1.82) is 0 Å². The standard InChI is InChI=1S/C10H13ClN4O2/c1-7(2-11)3-14-4-8(5-14)15-6-9(10(16)17)12-13-15/h2,6,8H,3-5H2,1H3,(H,16,17)/b7-2-. The van der Waals surface area contributed by atoms with Gasteiger partial charge in [0.05, 0.1) is 12.2 Å². The lowest BCUT2D eigenvalue weighted by Crippen LogP contribution is -2.48. The summed E-state index contributed by atoms with van der Waals surface area (Å²) in [6, 6.07) is 0.207. The van der Waals surface area contributed by atoms with Gasteiger partial charge in [-0.15, -0.1) is 5.10 Å². The maximum Gasteiger partial charge on any atom is 0.358 e. The van der Waals surface area contributed by atoms with E-state index in [1.54, 1.807) is 10.2 Å². The van der Waals surface area contributed by atoms with Gasteiger partial charge in [0.1, 0.15) is 0 Å². The molecule has 7 heteroatoms. The SMILES string of the molecule is C/C(=C/Cl)CN1CC(n2cc(C(=O)O)nn2)C1. The molecule has 1 aliphatic rings. The van der Waals surface area contributed by atoms with Gasteiger partial charge in [-0.05, 0) is 12.5 Å². The second-order valence-electron chi connectivity index (χ2n) is 4.19. The number of hydrogen-bond donors (Lipinski definition) is 1. The minimum absolute atomic E-state index is 0.0136. The van der Waals surface area contributed by atoms with E-state index in [1.807, 2.05) is 6.92 Å². The van der Waals surface area contributed by atoms with Gasteiger partial charge in [0, 0.05) is 25.2 Å². The molecular weight excluding hydrogens is 244 g/mol. The van der Waals surface area contributed by atoms with E-state index in [1.165, 1.54) is 6.20 Å². The zero-order valence-corrected chi connectivity index (χ0v) is 10.1. The molecular formula is C10H13ClN4O2. The van der Waals surface area contributed by atoms with Crippen LogP contribution in [0.3, 0.4) is 0 Å². The van der Waals surface area contributed by atoms with Crippen LogP contribution in [0.5, 0.6) is 0 Å². The Balaban J connectivity index is 1.88. The maximum atomic E-state index is 10.6. The first-order valence-electron chi connectivity index (χ1n) is 5.23. The summed E-state index contributed by atoms with van der Waals surface area (Å²) in [5.41, 5.74) is 2.67. The van der Waals surface area contributed by atoms with Gasteiger partial charge >= 0.3 is 5.97 Å². The summed E-state index contributed by atoms with van der Waals surface area (Å²) in [6.07, 6.45) is 1.47. The molecule has 0 atom stereocenters. The molecule has 0 unspecified atom stereocenters. The van der Waals surface area contributed by atoms with E-state index in [0.717, 1.165) is 25.2 Å². The highest BCUT2D eigenvalue weighted by atomic mass is 35.5. The molecule has 1 aromatic rings. The Hall–Kier alpha value is -1.40. The number of carboxylic acid groups (broad SMARTS) is 1. The topological polar surface area (TPSA) is 71.2 Å². The highest BCUT2D eigenvalue weighted by molar-refractivity contribution is 6.25. The first-order valence-corrected chi connectivity index (χ1v) is 5.67. The number of carbonyl (C=O) groups is 1. The molecule has 1 N–H and O–H groups in total. The first-order chi connectivity index (χ1) is 8.10. The second-order valence-corrected chi connectivity index (χ2v) is 4.41. The Morgan fingerprint density at radius 2 is 2.41 bits per heavy atom. The summed E-state index contributed by atoms with van der Waals surface area (Å²) in [7, 11) is 0. The van der Waals surface area contributed by atoms with Gasteiger partial charge in [-0.2, -0.15) is 0 Å². The molecule has 2 heterocycles. The molecule has 0 aromatic carbocycles. The number of nitrogens with zero attached hydrogens (tertiary/aromatic N) is 4. The number of aromatic carboxylic acids is 1. The molecule has 0 radical (unpaired) electrons. The van der Waals surface area contributed by atoms with Gasteiger partial charge in [0.2, 0.25) is 0 Å². The minimum Gasteiger partial charge on any atom is -0.476 e. The van der Waals surface area contributed by atoms with Crippen LogP contribution in [0.4, 0.5) is 0 Å². The zero-order valence-electron chi connectivity index (χ0n) is 9.38. The lowest BCUT2D eigenvalue weighted by molar-refractivity contribution is 0.0690. The maximum absolute atomic E-state index is 10.6. The number of carboxylic acids is 1. The van der Waals surface area contributed by atoms with Crippen LogP contribution in [-0.2, 0) is 0 Å². The van der Waals surface area contributed by atoms with Crippen LogP contribution in [0.2, 0.25) is 0 Å². The predicted molar refractivity (Wildman–Crippen MR) is 62.1 cm³/mol. The van der Waals surface area contributed by atoms with Crippen molar-refractivity contribution in [3.8, 4) is 0 Å². The molecule has 0 bridgehead atoms. The lowest BCUT2D eigenvalue weighted by atomic mass is 10.1. The Morgan fingerprint density at radius 3 is 2.94 bits per heavy atom. The molecule has 2 rings (SSSR count). The molecule has 1 aliphatic heterocycles. The molecule has 1 saturated heterocycles. The lowest BCUT2D eigenvalue weighted by Gasteiger charge is -2.38. The smallest absolute Gasteiger partial charge is 0.358 e. The number of likely N-dealkylation sites (tertiary alicyclic amines) is 1. The summed E-state index contributed by atoms with van der Waals surface area (Å²) < 4.78 is 1.61. The zero-order chi connectivity index (χ0) is 12.4. The molecule has 1 aromatic heterocycles. The van der Waals surface area contributed by atoms with Crippen molar-refractivity contribution < 1.29 is 9.90 Å². The van der Waals surface area contributed by atoms with Crippen molar-refractivity contribution in [1.82, 2.24) is 19.9 Å². The molecule has 0 spiro atoms. The highest BCUT2D eigenvalue weighted by Crippen LogP contribution is 2.21. The van der Waals surface area contributed by atoms with E-state index in [4.69, 9.17) is 16.7 Å². The predicted octanol–water partition coefficient (Wildman–Crippen LogP) is 0.976. The van der Waals surface area contributed by atoms with Gasteiger partial charge in [0.25, 0.3) is 0 Å². The van der Waals surface area contributed by atoms with Gasteiger partial charge < -0.3 is 5.11 Å². The summed E-state index contributed by atoms with van der Waals surface area (Å²) >= 11 is 5.59. The fourth-order valence-electron chi connectivity index (χ4n) is 1.78. The van der Waals surface area contributed by atoms with Crippen molar-refractivity contribution in [2.45, 2.75) is 13.0 Å². The second kappa shape index (κ2) is 4.85. The van der Waals surface area contributed by atoms with Crippen molar-refractivity contribution in [3.63, 3.8) is 0 Å². The van der Waals surface area contributed by atoms with Crippen LogP contribution in [0.25, 0.3) is 0 Å². The molecule has 0 saturated carbocycles. The normalized spacial score (nSPS) is 18.1. The Morgan fingerprint density at radius 1 is 1.71 bits per heavy atom. The summed E-state index contributed by atoms with van der Waals surface area (Å²) in [5.74, 6) is -1.05. The van der Waals surface area contributed by atoms with Crippen LogP contribution in [0.1, 0.15) is 23.5 Å². The molecule has 1 fully saturated rings. The number of aromatic nitrogens is 3. The van der Waals surface area contributed by atoms with E-state index in [2.05, 4.69) is 15.2 Å². The fraction of sp³-hybridized carbons (Fsp3) is 0.500. The number of hydrogen-bond acceptors (Lipinski definition) is 4. The third-order valence-electron chi connectivity index (χ3n) is 2.70. The quantitative estimate of drug-likeness (QED) is 0.869. The fourth-order valence-corrected chi connectivity index (χ4v) is 1.85. The average Bonchev–Trinajstić information content (AvgIpc) is 2.71. The summed E-state index contributed by atoms with van der Waals surface area (Å²) in [4.78, 5) is 12.9. The molecule has 6 nitrogen and oxygen atoms in total. The highest BCUT2D eigenvalue weighted by Gasteiger charge is 2.29. The molecule has 0 amide bonds. The average molecular weight is 257 g/mol. The first kappa shape index (κ1) is 12.1. The van der Waals surface area contributed by atoms with E-state index in [0.29, 0.717) is 0 Å². The van der Waals surface area contributed by atoms with Crippen molar-refractivity contribution >= 4 is 17.6 Å². The van der Waals surface area contributed by atoms with Gasteiger partial charge in [-0.3, -0.25) is 4.90 Å². The van der Waals surface area contributed by atoms with E-state index < -0.39 is 5.97 Å². The Bertz CT molecular complexity index is 451. The van der Waals surface area contributed by atoms with Crippen LogP contribution in [-0.4, -0.2) is 50.6 Å². The number of rotatable bonds is 4. The van der Waals surface area contributed by atoms with Crippen molar-refractivity contribution in [2.24, 2.45) is 0 Å². The Labute approximate surface area is 103 Å². The van der Waals surface area contributed by atoms with Gasteiger partial charge in [-0.25, -0.2) is 9.48 Å². The number of halogens is 1. The van der Waals surface area contributed by atoms with E-state index >= 15 is 0 Å². The third kappa shape index (κ3) is 2.65. The third-order valence-corrected chi connectivity index (χ3v) is 3.07. The monoisotopic (exact) mass is 256 g/mol. The van der Waals surface area contributed by atoms with Gasteiger partial charge in [0.15, 0.2) is 5.69 Å². The van der Waals surface area contributed by atoms with Crippen LogP contribution in [0.15, 0.2) is 17.3 Å². The summed E-state index contributed by atoms with van der Waals surface area (Å²) in [6.45, 7) is 4.48. The molecule has 0 aliphatic carbocycles.